The average molecular weight is 1040 g/mol. The summed E-state index contributed by atoms with van der Waals surface area (Å²) in [5.74, 6) is -9.44. The Morgan fingerprint density at radius 1 is 0.986 bits per heavy atom. The molecule has 14 N–H and O–H groups in total. The molecule has 1 aliphatic carbocycles. The van der Waals surface area contributed by atoms with E-state index >= 15 is 0 Å². The van der Waals surface area contributed by atoms with Crippen molar-refractivity contribution in [2.24, 2.45) is 23.0 Å². The van der Waals surface area contributed by atoms with E-state index in [2.05, 4.69) is 47.9 Å². The molecule has 1 spiro atoms. The van der Waals surface area contributed by atoms with E-state index in [4.69, 9.17) is 15.2 Å². The van der Waals surface area contributed by atoms with Crippen molar-refractivity contribution in [2.75, 3.05) is 19.7 Å². The van der Waals surface area contributed by atoms with Gasteiger partial charge in [-0.15, -0.1) is 0 Å². The lowest BCUT2D eigenvalue weighted by Gasteiger charge is -2.47. The smallest absolute Gasteiger partial charge is 0.310 e. The van der Waals surface area contributed by atoms with Gasteiger partial charge >= 0.3 is 5.97 Å². The van der Waals surface area contributed by atoms with Gasteiger partial charge in [0, 0.05) is 17.4 Å². The fraction of sp³-hybridized carbons (Fsp3) is 0.592. The normalized spacial score (nSPS) is 32.2. The van der Waals surface area contributed by atoms with Gasteiger partial charge in [0.15, 0.2) is 6.23 Å². The Balaban J connectivity index is 1.40. The van der Waals surface area contributed by atoms with Crippen LogP contribution in [0.5, 0.6) is 5.75 Å². The Bertz CT molecular complexity index is 2570. The highest BCUT2D eigenvalue weighted by molar-refractivity contribution is 5.97. The zero-order valence-electron chi connectivity index (χ0n) is 41.9. The van der Waals surface area contributed by atoms with Crippen LogP contribution in [0.4, 0.5) is 0 Å². The van der Waals surface area contributed by atoms with Crippen molar-refractivity contribution < 1.29 is 72.7 Å². The number of allylic oxidation sites excluding steroid dienone is 2. The predicted octanol–water partition coefficient (Wildman–Crippen LogP) is -3.57. The number of carboxylic acids is 1. The van der Waals surface area contributed by atoms with Crippen LogP contribution in [0.2, 0.25) is 0 Å². The zero-order chi connectivity index (χ0) is 54.2. The van der Waals surface area contributed by atoms with Crippen LogP contribution in [-0.2, 0) is 64.5 Å². The first-order valence-electron chi connectivity index (χ1n) is 24.7. The number of nitrogens with two attached hydrogens (primary N) is 1. The number of hydrogen-bond acceptors (Lipinski definition) is 15. The number of carboxylic acid groups (broad SMARTS) is 1. The lowest BCUT2D eigenvalue weighted by atomic mass is 9.56. The van der Waals surface area contributed by atoms with E-state index in [9.17, 15) is 63.3 Å². The molecule has 5 aliphatic heterocycles. The number of carbonyl (C=O) groups excluding carboxylic acids is 9. The lowest BCUT2D eigenvalue weighted by Crippen LogP contribution is -2.60. The number of aliphatic hydroxyl groups is 2. The molecule has 0 saturated carbocycles. The molecule has 2 fully saturated rings. The molecular weight excluding hydrogens is 969 g/mol. The summed E-state index contributed by atoms with van der Waals surface area (Å²) >= 11 is 0. The molecular formula is C49H66N10O15. The predicted molar refractivity (Wildman–Crippen MR) is 257 cm³/mol. The van der Waals surface area contributed by atoms with Crippen molar-refractivity contribution >= 4 is 59.1 Å². The van der Waals surface area contributed by atoms with Crippen molar-refractivity contribution in [3.63, 3.8) is 0 Å². The maximum absolute atomic E-state index is 14.7. The first kappa shape index (κ1) is 54.6. The minimum atomic E-state index is -1.87. The van der Waals surface area contributed by atoms with Gasteiger partial charge in [-0.1, -0.05) is 32.9 Å². The van der Waals surface area contributed by atoms with Gasteiger partial charge in [-0.25, -0.2) is 0 Å². The van der Waals surface area contributed by atoms with Crippen LogP contribution >= 0.6 is 0 Å². The minimum Gasteiger partial charge on any atom is -0.489 e. The molecule has 0 aromatic heterocycles. The van der Waals surface area contributed by atoms with E-state index in [1.807, 2.05) is 19.9 Å². The quantitative estimate of drug-likeness (QED) is 0.0909. The summed E-state index contributed by atoms with van der Waals surface area (Å²) < 4.78 is 13.7. The molecule has 14 atom stereocenters. The molecule has 25 heteroatoms. The van der Waals surface area contributed by atoms with Crippen LogP contribution in [-0.4, -0.2) is 148 Å². The zero-order valence-corrected chi connectivity index (χ0v) is 41.9. The van der Waals surface area contributed by atoms with Gasteiger partial charge in [-0.3, -0.25) is 53.3 Å². The Morgan fingerprint density at radius 2 is 1.72 bits per heavy atom. The first-order chi connectivity index (χ1) is 34.9. The molecule has 0 radical (unpaired) electrons. The van der Waals surface area contributed by atoms with Gasteiger partial charge in [0.05, 0.1) is 37.1 Å². The van der Waals surface area contributed by atoms with E-state index in [-0.39, 0.29) is 55.7 Å². The highest BCUT2D eigenvalue weighted by Gasteiger charge is 2.70. The number of ether oxygens (including phenoxy) is 2. The number of rotatable bonds is 13. The molecule has 6 aliphatic rings. The Hall–Kier alpha value is -7.12. The molecule has 1 aromatic rings. The monoisotopic (exact) mass is 1030 g/mol. The standard InChI is InChI=1S/C49H66N10O15/c1-7-48(6,22(3)45(71)72)74-31-9-8-12-47(5)38(31)59-46-49(47)17-29(41(67)51-19-34(63)55-30(20-60)39(50)65)57-40(66)23(4)53-33(62)18-52-44(70)35-36(64)24-15-25(37(73-46)26(49)16-24)13-21(2)14-28(43(69)58-35)56-42(68)27-10-11-32(61)54-27/h8-9,12,15-16,21-23,27-30,35-36,38,46,59-60,64H,7,10-11,13-14,17-20H2,1-6H3,(H2,50,65)(H,51,67)(H,52,70)(H,53,62)(H,54,61)(H,55,63)(H,56,68)(H,57,66)(H,58,69)(H,71,72)/t21-,22+,23-,27?,28-,29-,30?,35-,36+,38?,46+,47?,48+,49-/m0/s1. The van der Waals surface area contributed by atoms with Gasteiger partial charge in [0.2, 0.25) is 53.2 Å². The number of aliphatic carboxylic acids is 1. The van der Waals surface area contributed by atoms with Gasteiger partial charge in [0.1, 0.15) is 59.5 Å². The minimum absolute atomic E-state index is 0.0197. The van der Waals surface area contributed by atoms with Crippen LogP contribution < -0.4 is 58.3 Å². The van der Waals surface area contributed by atoms with E-state index in [1.165, 1.54) is 13.8 Å². The number of hydrogen-bond donors (Lipinski definition) is 13. The van der Waals surface area contributed by atoms with Crippen LogP contribution in [0.15, 0.2) is 36.1 Å². The fourth-order valence-electron chi connectivity index (χ4n) is 10.9. The average Bonchev–Trinajstić information content (AvgIpc) is 4.00. The lowest BCUT2D eigenvalue weighted by molar-refractivity contribution is -0.152. The van der Waals surface area contributed by atoms with Crippen molar-refractivity contribution in [1.29, 1.82) is 0 Å². The molecule has 402 valence electrons. The summed E-state index contributed by atoms with van der Waals surface area (Å²) in [5.41, 5.74) is 2.18. The second kappa shape index (κ2) is 21.4. The van der Waals surface area contributed by atoms with Crippen LogP contribution in [0, 0.1) is 17.3 Å². The topological polar surface area (TPSA) is 384 Å². The summed E-state index contributed by atoms with van der Waals surface area (Å²) in [6.07, 6.45) is 2.56. The molecule has 7 rings (SSSR count). The Labute approximate surface area is 425 Å². The largest absolute Gasteiger partial charge is 0.489 e. The Kier molecular flexibility index (Phi) is 15.8. The number of aliphatic hydroxyl groups excluding tert-OH is 2. The third-order valence-corrected chi connectivity index (χ3v) is 15.6. The third kappa shape index (κ3) is 10.5. The molecule has 1 aromatic carbocycles. The van der Waals surface area contributed by atoms with Crippen molar-refractivity contribution in [1.82, 2.24) is 47.9 Å². The molecule has 9 amide bonds. The van der Waals surface area contributed by atoms with E-state index in [0.717, 1.165) is 0 Å². The highest BCUT2D eigenvalue weighted by Crippen LogP contribution is 2.64. The maximum atomic E-state index is 14.7. The first-order valence-corrected chi connectivity index (χ1v) is 24.7. The fourth-order valence-corrected chi connectivity index (χ4v) is 10.9. The van der Waals surface area contributed by atoms with E-state index in [1.54, 1.807) is 38.1 Å². The number of fused-ring (bicyclic) bond motifs is 4. The van der Waals surface area contributed by atoms with Gasteiger partial charge < -0.3 is 73.1 Å². The van der Waals surface area contributed by atoms with Crippen LogP contribution in [0.1, 0.15) is 96.4 Å². The number of amides is 9. The highest BCUT2D eigenvalue weighted by atomic mass is 16.5. The number of benzene rings is 1. The molecule has 74 heavy (non-hydrogen) atoms. The number of nitrogens with one attached hydrogen (secondary N) is 9. The summed E-state index contributed by atoms with van der Waals surface area (Å²) in [5, 5.41) is 56.1. The molecule has 5 heterocycles. The van der Waals surface area contributed by atoms with Crippen molar-refractivity contribution in [2.45, 2.75) is 146 Å². The number of carbonyl (C=O) groups is 10. The van der Waals surface area contributed by atoms with Gasteiger partial charge in [-0.05, 0) is 88.1 Å². The van der Waals surface area contributed by atoms with Crippen molar-refractivity contribution in [3.05, 3.63) is 52.8 Å². The van der Waals surface area contributed by atoms with Crippen LogP contribution in [0.3, 0.4) is 0 Å². The second-order valence-electron chi connectivity index (χ2n) is 20.6. The summed E-state index contributed by atoms with van der Waals surface area (Å²) in [7, 11) is 0. The summed E-state index contributed by atoms with van der Waals surface area (Å²) in [6, 6.07) is -6.13. The summed E-state index contributed by atoms with van der Waals surface area (Å²) in [4.78, 5) is 134. The molecule has 4 unspecified atom stereocenters. The van der Waals surface area contributed by atoms with E-state index < -0.39 is 156 Å². The SMILES string of the molecule is CC[C@@](C)(OC1=CC=CC2(C)C1N[C@@H]1Oc3c4cc5cc3[C@@]12C[C@@H](C(=O)NCC(=O)NC(CO)C(N)=O)NC(=O)[C@H](C)NC(=O)CNC(=O)[C@@H](NC(=O)[C@@H](NC(=O)C1CCC(=O)N1)C[C@@H](C)C4)[C@@H]5O)[C@H](C)C(=O)O. The Morgan fingerprint density at radius 3 is 2.36 bits per heavy atom. The second-order valence-corrected chi connectivity index (χ2v) is 20.6. The molecule has 2 saturated heterocycles. The summed E-state index contributed by atoms with van der Waals surface area (Å²) in [6.45, 7) is 7.63. The third-order valence-electron chi connectivity index (χ3n) is 15.6. The number of primary amides is 1. The van der Waals surface area contributed by atoms with Crippen LogP contribution in [0.25, 0.3) is 0 Å². The van der Waals surface area contributed by atoms with Crippen molar-refractivity contribution in [3.8, 4) is 5.75 Å². The van der Waals surface area contributed by atoms with Gasteiger partial charge in [-0.2, -0.15) is 0 Å². The molecule has 25 nitrogen and oxygen atoms in total. The van der Waals surface area contributed by atoms with E-state index in [0.29, 0.717) is 16.9 Å². The maximum Gasteiger partial charge on any atom is 0.310 e. The molecule has 4 bridgehead atoms. The van der Waals surface area contributed by atoms with Gasteiger partial charge in [0.25, 0.3) is 0 Å².